The monoisotopic (exact) mass is 316 g/mol. The van der Waals surface area contributed by atoms with Crippen LogP contribution in [0.25, 0.3) is 11.3 Å². The summed E-state index contributed by atoms with van der Waals surface area (Å²) in [6.45, 7) is 0. The number of nitrogen functional groups attached to an aromatic ring is 1. The minimum Gasteiger partial charge on any atom is -0.496 e. The molecule has 2 aromatic rings. The Labute approximate surface area is 101 Å². The topological polar surface area (TPSA) is 61.3 Å². The molecule has 0 saturated heterocycles. The van der Waals surface area contributed by atoms with Gasteiger partial charge in [0.25, 0.3) is 0 Å². The Balaban J connectivity index is 2.45. The van der Waals surface area contributed by atoms with Crippen LogP contribution < -0.4 is 10.5 Å². The van der Waals surface area contributed by atoms with Gasteiger partial charge in [-0.05, 0) is 34.7 Å². The molecule has 1 heterocycles. The Morgan fingerprint density at radius 3 is 2.80 bits per heavy atom. The maximum atomic E-state index is 5.45. The number of hydrogen-bond acceptors (Lipinski definition) is 4. The number of rotatable bonds is 2. The normalized spacial score (nSPS) is 10.3. The lowest BCUT2D eigenvalue weighted by Gasteiger charge is -2.04. The highest BCUT2D eigenvalue weighted by Crippen LogP contribution is 2.28. The van der Waals surface area contributed by atoms with Gasteiger partial charge >= 0.3 is 0 Å². The van der Waals surface area contributed by atoms with E-state index in [1.54, 1.807) is 13.2 Å². The fourth-order valence-corrected chi connectivity index (χ4v) is 1.80. The molecule has 0 unspecified atom stereocenters. The minimum absolute atomic E-state index is 0.308. The van der Waals surface area contributed by atoms with Gasteiger partial charge in [-0.15, -0.1) is 0 Å². The molecule has 0 spiro atoms. The molecular formula is C10H9IN2O2. The van der Waals surface area contributed by atoms with Crippen LogP contribution >= 0.6 is 22.6 Å². The predicted octanol–water partition coefficient (Wildman–Crippen LogP) is 2.54. The van der Waals surface area contributed by atoms with E-state index < -0.39 is 0 Å². The van der Waals surface area contributed by atoms with E-state index in [2.05, 4.69) is 27.7 Å². The summed E-state index contributed by atoms with van der Waals surface area (Å²) in [7, 11) is 1.64. The van der Waals surface area contributed by atoms with Crippen LogP contribution in [-0.4, -0.2) is 12.3 Å². The third-order valence-corrected chi connectivity index (χ3v) is 2.87. The minimum atomic E-state index is 0.308. The first-order chi connectivity index (χ1) is 7.20. The maximum absolute atomic E-state index is 5.45. The van der Waals surface area contributed by atoms with Crippen LogP contribution in [0.2, 0.25) is 0 Å². The molecule has 2 rings (SSSR count). The second-order valence-corrected chi connectivity index (χ2v) is 4.13. The predicted molar refractivity (Wildman–Crippen MR) is 65.6 cm³/mol. The van der Waals surface area contributed by atoms with Crippen molar-refractivity contribution in [2.75, 3.05) is 12.8 Å². The van der Waals surface area contributed by atoms with Crippen molar-refractivity contribution in [2.24, 2.45) is 0 Å². The average Bonchev–Trinajstić information content (AvgIpc) is 2.66. The van der Waals surface area contributed by atoms with Crippen LogP contribution in [0.1, 0.15) is 0 Å². The summed E-state index contributed by atoms with van der Waals surface area (Å²) in [5, 5.41) is 3.83. The Morgan fingerprint density at radius 1 is 1.40 bits per heavy atom. The standard InChI is InChI=1S/C10H9IN2O2/c1-14-9-4-6(2-3-7(9)11)8-5-10(12)15-13-8/h2-5H,12H2,1H3. The zero-order valence-corrected chi connectivity index (χ0v) is 10.2. The second-order valence-electron chi connectivity index (χ2n) is 2.96. The molecule has 2 N–H and O–H groups in total. The number of aromatic nitrogens is 1. The van der Waals surface area contributed by atoms with Crippen LogP contribution in [0.5, 0.6) is 5.75 Å². The van der Waals surface area contributed by atoms with Crippen molar-refractivity contribution >= 4 is 28.5 Å². The van der Waals surface area contributed by atoms with Gasteiger partial charge < -0.3 is 15.0 Å². The lowest BCUT2D eigenvalue weighted by molar-refractivity contribution is 0.412. The number of hydrogen-bond donors (Lipinski definition) is 1. The summed E-state index contributed by atoms with van der Waals surface area (Å²) < 4.78 is 11.1. The van der Waals surface area contributed by atoms with Crippen molar-refractivity contribution in [3.05, 3.63) is 27.8 Å². The van der Waals surface area contributed by atoms with Crippen LogP contribution in [0.3, 0.4) is 0 Å². The molecule has 0 aliphatic heterocycles. The Morgan fingerprint density at radius 2 is 2.20 bits per heavy atom. The fraction of sp³-hybridized carbons (Fsp3) is 0.100. The summed E-state index contributed by atoms with van der Waals surface area (Å²) in [6, 6.07) is 7.49. The van der Waals surface area contributed by atoms with E-state index in [0.29, 0.717) is 11.6 Å². The van der Waals surface area contributed by atoms with Crippen molar-refractivity contribution in [2.45, 2.75) is 0 Å². The third-order valence-electron chi connectivity index (χ3n) is 1.98. The van der Waals surface area contributed by atoms with Crippen LogP contribution in [0.15, 0.2) is 28.8 Å². The highest BCUT2D eigenvalue weighted by Gasteiger charge is 2.07. The molecule has 0 aliphatic carbocycles. The van der Waals surface area contributed by atoms with Crippen molar-refractivity contribution in [3.8, 4) is 17.0 Å². The number of halogens is 1. The molecule has 1 aromatic heterocycles. The summed E-state index contributed by atoms with van der Waals surface area (Å²) in [5.41, 5.74) is 7.09. The summed E-state index contributed by atoms with van der Waals surface area (Å²) in [5.74, 6) is 1.12. The SMILES string of the molecule is COc1cc(-c2cc(N)on2)ccc1I. The molecule has 15 heavy (non-hydrogen) atoms. The highest BCUT2D eigenvalue weighted by molar-refractivity contribution is 14.1. The molecular weight excluding hydrogens is 307 g/mol. The van der Waals surface area contributed by atoms with Crippen LogP contribution in [0, 0.1) is 3.57 Å². The summed E-state index contributed by atoms with van der Waals surface area (Å²) in [4.78, 5) is 0. The summed E-state index contributed by atoms with van der Waals surface area (Å²) >= 11 is 2.21. The van der Waals surface area contributed by atoms with E-state index in [4.69, 9.17) is 15.0 Å². The van der Waals surface area contributed by atoms with E-state index in [1.165, 1.54) is 0 Å². The zero-order chi connectivity index (χ0) is 10.8. The Hall–Kier alpha value is -1.24. The average molecular weight is 316 g/mol. The second kappa shape index (κ2) is 4.09. The van der Waals surface area contributed by atoms with E-state index in [-0.39, 0.29) is 0 Å². The van der Waals surface area contributed by atoms with E-state index >= 15 is 0 Å². The molecule has 0 fully saturated rings. The number of nitrogens with two attached hydrogens (primary N) is 1. The van der Waals surface area contributed by atoms with E-state index in [0.717, 1.165) is 14.9 Å². The van der Waals surface area contributed by atoms with Crippen molar-refractivity contribution in [1.82, 2.24) is 5.16 Å². The van der Waals surface area contributed by atoms with Gasteiger partial charge in [0.05, 0.1) is 10.7 Å². The zero-order valence-electron chi connectivity index (χ0n) is 8.03. The van der Waals surface area contributed by atoms with Crippen molar-refractivity contribution < 1.29 is 9.26 Å². The first-order valence-electron chi connectivity index (χ1n) is 4.27. The molecule has 0 saturated carbocycles. The van der Waals surface area contributed by atoms with Gasteiger partial charge in [0.1, 0.15) is 11.4 Å². The molecule has 0 bridgehead atoms. The Kier molecular flexibility index (Phi) is 2.81. The van der Waals surface area contributed by atoms with Gasteiger partial charge in [-0.3, -0.25) is 0 Å². The molecule has 1 aromatic carbocycles. The number of benzene rings is 1. The first-order valence-corrected chi connectivity index (χ1v) is 5.34. The fourth-order valence-electron chi connectivity index (χ4n) is 1.24. The molecule has 4 nitrogen and oxygen atoms in total. The smallest absolute Gasteiger partial charge is 0.222 e. The molecule has 78 valence electrons. The van der Waals surface area contributed by atoms with E-state index in [9.17, 15) is 0 Å². The van der Waals surface area contributed by atoms with Gasteiger partial charge in [-0.2, -0.15) is 0 Å². The van der Waals surface area contributed by atoms with Gasteiger partial charge in [0.2, 0.25) is 5.88 Å². The largest absolute Gasteiger partial charge is 0.496 e. The third kappa shape index (κ3) is 2.06. The number of ether oxygens (including phenoxy) is 1. The van der Waals surface area contributed by atoms with Crippen molar-refractivity contribution in [1.29, 1.82) is 0 Å². The lowest BCUT2D eigenvalue weighted by atomic mass is 10.1. The van der Waals surface area contributed by atoms with Gasteiger partial charge in [0.15, 0.2) is 0 Å². The van der Waals surface area contributed by atoms with E-state index in [1.807, 2.05) is 18.2 Å². The quantitative estimate of drug-likeness (QED) is 0.865. The summed E-state index contributed by atoms with van der Waals surface area (Å²) in [6.07, 6.45) is 0. The highest BCUT2D eigenvalue weighted by atomic mass is 127. The number of methoxy groups -OCH3 is 1. The maximum Gasteiger partial charge on any atom is 0.222 e. The first kappa shape index (κ1) is 10.3. The van der Waals surface area contributed by atoms with Gasteiger partial charge in [-0.25, -0.2) is 0 Å². The molecule has 0 atom stereocenters. The molecule has 0 radical (unpaired) electrons. The Bertz CT molecular complexity index is 482. The van der Waals surface area contributed by atoms with Crippen LogP contribution in [-0.2, 0) is 0 Å². The van der Waals surface area contributed by atoms with Gasteiger partial charge in [-0.1, -0.05) is 11.2 Å². The molecule has 0 amide bonds. The molecule has 0 aliphatic rings. The van der Waals surface area contributed by atoms with Gasteiger partial charge in [0, 0.05) is 11.6 Å². The number of anilines is 1. The van der Waals surface area contributed by atoms with Crippen molar-refractivity contribution in [3.63, 3.8) is 0 Å². The van der Waals surface area contributed by atoms with Crippen LogP contribution in [0.4, 0.5) is 5.88 Å². The molecule has 5 heteroatoms. The lowest BCUT2D eigenvalue weighted by Crippen LogP contribution is -1.87. The number of nitrogens with zero attached hydrogens (tertiary/aromatic N) is 1.